The number of nitrogens with zero attached hydrogens (tertiary/aromatic N) is 2. The lowest BCUT2D eigenvalue weighted by atomic mass is 9.96. The van der Waals surface area contributed by atoms with Crippen LogP contribution in [0.5, 0.6) is 0 Å². The van der Waals surface area contributed by atoms with Gasteiger partial charge in [0.05, 0.1) is 13.0 Å². The topological polar surface area (TPSA) is 441 Å². The number of hydrogen-bond acceptors (Lipinski definition) is 13. The second-order valence-corrected chi connectivity index (χ2v) is 17.6. The van der Waals surface area contributed by atoms with Crippen molar-refractivity contribution in [1.82, 2.24) is 47.4 Å². The van der Waals surface area contributed by atoms with Gasteiger partial charge >= 0.3 is 5.97 Å². The first kappa shape index (κ1) is 61.9. The maximum Gasteiger partial charge on any atom is 0.305 e. The number of carboxylic acids is 1. The molecule has 0 aromatic carbocycles. The molecule has 1 heterocycles. The van der Waals surface area contributed by atoms with Crippen LogP contribution in [0.2, 0.25) is 0 Å². The molecule has 10 atom stereocenters. The van der Waals surface area contributed by atoms with Gasteiger partial charge in [-0.25, -0.2) is 0 Å². The number of primary amides is 2. The van der Waals surface area contributed by atoms with E-state index in [1.165, 1.54) is 18.7 Å². The van der Waals surface area contributed by atoms with Crippen LogP contribution in [0.1, 0.15) is 119 Å². The third-order valence-corrected chi connectivity index (χ3v) is 11.8. The fraction of sp³-hybridized carbons (Fsp3) is 0.705. The van der Waals surface area contributed by atoms with Crippen LogP contribution in [0.4, 0.5) is 0 Å². The highest BCUT2D eigenvalue weighted by atomic mass is 16.4. The smallest absolute Gasteiger partial charge is 0.305 e. The molecule has 11 amide bonds. The average Bonchev–Trinajstić information content (AvgIpc) is 3.80. The number of aliphatic carboxylic acids is 1. The molecule has 400 valence electrons. The summed E-state index contributed by atoms with van der Waals surface area (Å²) >= 11 is 0. The Labute approximate surface area is 413 Å². The number of aliphatic imine (C=N–C) groups is 1. The first-order valence-electron chi connectivity index (χ1n) is 23.8. The zero-order valence-corrected chi connectivity index (χ0v) is 41.7. The molecule has 1 rings (SSSR count). The minimum atomic E-state index is -1.81. The van der Waals surface area contributed by atoms with Crippen LogP contribution in [0.25, 0.3) is 0 Å². The van der Waals surface area contributed by atoms with Crippen molar-refractivity contribution in [3.63, 3.8) is 0 Å². The predicted octanol–water partition coefficient (Wildman–Crippen LogP) is -4.30. The fourth-order valence-electron chi connectivity index (χ4n) is 7.30. The van der Waals surface area contributed by atoms with E-state index in [4.69, 9.17) is 22.9 Å². The quantitative estimate of drug-likeness (QED) is 0.0172. The van der Waals surface area contributed by atoms with Gasteiger partial charge in [-0.2, -0.15) is 0 Å². The SMILES string of the molecule is CCC[C@H](NC(=O)[C@H](CC(=O)O)NC(=O)[C@H](NC(=O)[C@H](CCC(N)=O)NC(=O)CNC(C)=O)[C@@H](C)CC)C(=O)N[C@H](C(=O)N[C@@H](CCCN=C(N)N)C(=O)N1CCC[C@H]1C(=O)N[C@H](C)C(N)=O)[C@@H](C)CC. The van der Waals surface area contributed by atoms with Gasteiger partial charge in [-0.15, -0.1) is 0 Å². The van der Waals surface area contributed by atoms with Crippen molar-refractivity contribution in [1.29, 1.82) is 0 Å². The van der Waals surface area contributed by atoms with Gasteiger partial charge in [-0.05, 0) is 57.3 Å². The van der Waals surface area contributed by atoms with Crippen molar-refractivity contribution < 1.29 is 62.6 Å². The zero-order chi connectivity index (χ0) is 54.1. The monoisotopic (exact) mass is 1010 g/mol. The first-order valence-corrected chi connectivity index (χ1v) is 23.8. The summed E-state index contributed by atoms with van der Waals surface area (Å²) in [6.45, 7) is 10.7. The molecule has 1 aliphatic rings. The van der Waals surface area contributed by atoms with Crippen molar-refractivity contribution in [3.05, 3.63) is 0 Å². The molecule has 27 nitrogen and oxygen atoms in total. The number of likely N-dealkylation sites (tertiary alicyclic amines) is 1. The summed E-state index contributed by atoms with van der Waals surface area (Å²) < 4.78 is 0. The molecule has 0 aliphatic carbocycles. The standard InChI is InChI=1S/C44H76N14O13/c1-8-13-26(53-39(67)29(20-33(62)63)55-42(70)35(23(5)10-3)57-38(66)27(16-17-31(45)60)52-32(61)21-50-25(7)59)37(65)56-34(22(4)9-2)41(69)54-28(14-11-18-49-44(47)48)43(71)58-19-12-15-30(58)40(68)51-24(6)36(46)64/h22-24,26-30,34-35H,8-21H2,1-7H3,(H2,45,60)(H2,46,64)(H,50,59)(H,51,68)(H,52,61)(H,53,67)(H,54,69)(H,55,70)(H,56,65)(H,57,66)(H,62,63)(H4,47,48,49)/t22-,23-,24+,26-,27-,28-,29-,30-,34-,35+/m0/s1. The van der Waals surface area contributed by atoms with E-state index in [1.807, 2.05) is 0 Å². The summed E-state index contributed by atoms with van der Waals surface area (Å²) in [5, 5.41) is 29.7. The van der Waals surface area contributed by atoms with E-state index in [9.17, 15) is 62.6 Å². The molecule has 0 spiro atoms. The van der Waals surface area contributed by atoms with Crippen LogP contribution in [-0.2, 0) is 57.5 Å². The summed E-state index contributed by atoms with van der Waals surface area (Å²) in [7, 11) is 0. The number of carbonyl (C=O) groups excluding carboxylic acids is 11. The number of carboxylic acid groups (broad SMARTS) is 1. The zero-order valence-electron chi connectivity index (χ0n) is 41.7. The molecule has 1 saturated heterocycles. The molecule has 0 unspecified atom stereocenters. The third-order valence-electron chi connectivity index (χ3n) is 11.8. The van der Waals surface area contributed by atoms with Gasteiger partial charge in [0.25, 0.3) is 0 Å². The fourth-order valence-corrected chi connectivity index (χ4v) is 7.30. The van der Waals surface area contributed by atoms with Crippen LogP contribution in [0, 0.1) is 11.8 Å². The summed E-state index contributed by atoms with van der Waals surface area (Å²) in [6, 6.07) is -10.6. The van der Waals surface area contributed by atoms with E-state index >= 15 is 0 Å². The number of amides is 11. The van der Waals surface area contributed by atoms with Gasteiger partial charge in [0, 0.05) is 26.4 Å². The number of nitrogens with one attached hydrogen (secondary N) is 8. The predicted molar refractivity (Wildman–Crippen MR) is 256 cm³/mol. The van der Waals surface area contributed by atoms with Crippen molar-refractivity contribution in [2.45, 2.75) is 167 Å². The van der Waals surface area contributed by atoms with Crippen molar-refractivity contribution in [2.24, 2.45) is 39.8 Å². The van der Waals surface area contributed by atoms with E-state index in [-0.39, 0.29) is 64.0 Å². The highest BCUT2D eigenvalue weighted by Crippen LogP contribution is 2.21. The van der Waals surface area contributed by atoms with Crippen LogP contribution in [0.3, 0.4) is 0 Å². The Morgan fingerprint density at radius 2 is 1.18 bits per heavy atom. The Hall–Kier alpha value is -7.09. The number of rotatable bonds is 32. The van der Waals surface area contributed by atoms with E-state index in [2.05, 4.69) is 47.5 Å². The van der Waals surface area contributed by atoms with Crippen molar-refractivity contribution in [3.8, 4) is 0 Å². The Bertz CT molecular complexity index is 1950. The normalized spacial score (nSPS) is 16.8. The molecule has 0 radical (unpaired) electrons. The number of nitrogens with two attached hydrogens (primary N) is 4. The highest BCUT2D eigenvalue weighted by Gasteiger charge is 2.40. The Balaban J connectivity index is 3.44. The maximum atomic E-state index is 14.2. The van der Waals surface area contributed by atoms with Gasteiger partial charge in [0.15, 0.2) is 5.96 Å². The third kappa shape index (κ3) is 22.0. The summed E-state index contributed by atoms with van der Waals surface area (Å²) in [5.41, 5.74) is 21.5. The summed E-state index contributed by atoms with van der Waals surface area (Å²) in [5.74, 6) is -11.7. The maximum absolute atomic E-state index is 14.2. The molecule has 0 saturated carbocycles. The number of hydrogen-bond donors (Lipinski definition) is 13. The van der Waals surface area contributed by atoms with E-state index in [0.717, 1.165) is 0 Å². The van der Waals surface area contributed by atoms with Gasteiger partial charge in [-0.1, -0.05) is 53.9 Å². The van der Waals surface area contributed by atoms with E-state index in [1.54, 1.807) is 34.6 Å². The Kier molecular flexibility index (Phi) is 27.2. The van der Waals surface area contributed by atoms with Gasteiger partial charge < -0.3 is 75.5 Å². The number of carbonyl (C=O) groups is 12. The Morgan fingerprint density at radius 1 is 0.662 bits per heavy atom. The molecule has 0 bridgehead atoms. The lowest BCUT2D eigenvalue weighted by Gasteiger charge is -2.32. The van der Waals surface area contributed by atoms with Gasteiger partial charge in [0.2, 0.25) is 65.0 Å². The lowest BCUT2D eigenvalue weighted by molar-refractivity contribution is -0.143. The molecule has 1 aliphatic heterocycles. The largest absolute Gasteiger partial charge is 0.481 e. The highest BCUT2D eigenvalue weighted by molar-refractivity contribution is 5.99. The summed E-state index contributed by atoms with van der Waals surface area (Å²) in [6.07, 6.45) is 0.202. The molecule has 0 aromatic heterocycles. The van der Waals surface area contributed by atoms with Crippen molar-refractivity contribution >= 4 is 76.9 Å². The Morgan fingerprint density at radius 3 is 1.66 bits per heavy atom. The van der Waals surface area contributed by atoms with Crippen LogP contribution in [0.15, 0.2) is 4.99 Å². The van der Waals surface area contributed by atoms with Crippen LogP contribution < -0.4 is 65.5 Å². The van der Waals surface area contributed by atoms with Gasteiger partial charge in [-0.3, -0.25) is 62.5 Å². The second-order valence-electron chi connectivity index (χ2n) is 17.6. The second kappa shape index (κ2) is 31.2. The molecular formula is C44H76N14O13. The van der Waals surface area contributed by atoms with E-state index in [0.29, 0.717) is 19.3 Å². The van der Waals surface area contributed by atoms with Gasteiger partial charge in [0.1, 0.15) is 48.3 Å². The minimum absolute atomic E-state index is 0.00417. The van der Waals surface area contributed by atoms with Crippen molar-refractivity contribution in [2.75, 3.05) is 19.6 Å². The molecular weight excluding hydrogens is 933 g/mol. The molecule has 1 fully saturated rings. The average molecular weight is 1010 g/mol. The van der Waals surface area contributed by atoms with Crippen LogP contribution in [-0.4, -0.2) is 155 Å². The molecule has 27 heteroatoms. The summed E-state index contributed by atoms with van der Waals surface area (Å²) in [4.78, 5) is 161. The minimum Gasteiger partial charge on any atom is -0.481 e. The first-order chi connectivity index (χ1) is 33.3. The molecule has 71 heavy (non-hydrogen) atoms. The van der Waals surface area contributed by atoms with E-state index < -0.39 is 144 Å². The molecule has 0 aromatic rings. The molecule has 17 N–H and O–H groups in total. The lowest BCUT2D eigenvalue weighted by Crippen LogP contribution is -2.61. The van der Waals surface area contributed by atoms with Crippen LogP contribution >= 0.6 is 0 Å². The number of guanidine groups is 1.